The van der Waals surface area contributed by atoms with E-state index in [1.165, 1.54) is 18.1 Å². The van der Waals surface area contributed by atoms with Crippen LogP contribution < -0.4 is 9.64 Å². The Morgan fingerprint density at radius 2 is 2.24 bits per heavy atom. The third-order valence-corrected chi connectivity index (χ3v) is 3.00. The summed E-state index contributed by atoms with van der Waals surface area (Å²) in [5.74, 6) is -2.12. The number of amides is 2. The van der Waals surface area contributed by atoms with Gasteiger partial charge in [0.25, 0.3) is 5.92 Å². The lowest BCUT2D eigenvalue weighted by Crippen LogP contribution is -2.54. The van der Waals surface area contributed by atoms with Crippen LogP contribution in [0.1, 0.15) is 20.8 Å². The van der Waals surface area contributed by atoms with Crippen LogP contribution in [0.5, 0.6) is 5.75 Å². The van der Waals surface area contributed by atoms with E-state index in [-0.39, 0.29) is 6.54 Å². The predicted octanol–water partition coefficient (Wildman–Crippen LogP) is 2.77. The Hall–Kier alpha value is -1.92. The van der Waals surface area contributed by atoms with Gasteiger partial charge in [0.1, 0.15) is 5.60 Å². The zero-order valence-corrected chi connectivity index (χ0v) is 12.6. The summed E-state index contributed by atoms with van der Waals surface area (Å²) < 4.78 is 31.9. The van der Waals surface area contributed by atoms with E-state index in [4.69, 9.17) is 4.74 Å². The second-order valence-electron chi connectivity index (χ2n) is 5.98. The molecule has 0 aromatic carbocycles. The first-order valence-corrected chi connectivity index (χ1v) is 6.64. The predicted molar refractivity (Wildman–Crippen MR) is 74.9 cm³/mol. The van der Waals surface area contributed by atoms with E-state index >= 15 is 0 Å². The fourth-order valence-corrected chi connectivity index (χ4v) is 2.30. The number of halogens is 2. The van der Waals surface area contributed by atoms with Gasteiger partial charge in [-0.3, -0.25) is 4.90 Å². The molecule has 0 radical (unpaired) electrons. The molecule has 21 heavy (non-hydrogen) atoms. The topological polar surface area (TPSA) is 45.7 Å². The molecule has 0 saturated heterocycles. The summed E-state index contributed by atoms with van der Waals surface area (Å²) >= 11 is 0. The van der Waals surface area contributed by atoms with Crippen LogP contribution in [0.3, 0.4) is 0 Å². The molecule has 0 aliphatic carbocycles. The number of fused-ring (bicyclic) bond motifs is 1. The normalized spacial score (nSPS) is 17.0. The maximum atomic E-state index is 13.1. The van der Waals surface area contributed by atoms with Gasteiger partial charge in [-0.25, -0.2) is 18.6 Å². The van der Waals surface area contributed by atoms with Crippen molar-refractivity contribution in [1.29, 1.82) is 0 Å². The van der Waals surface area contributed by atoms with Crippen molar-refractivity contribution in [1.82, 2.24) is 9.88 Å². The summed E-state index contributed by atoms with van der Waals surface area (Å²) in [5.41, 5.74) is -0.610. The summed E-state index contributed by atoms with van der Waals surface area (Å²) in [6, 6.07) is 2.89. The number of hydrogen-bond acceptors (Lipinski definition) is 3. The van der Waals surface area contributed by atoms with Gasteiger partial charge in [-0.05, 0) is 26.0 Å². The van der Waals surface area contributed by atoms with Crippen LogP contribution in [0.4, 0.5) is 19.4 Å². The van der Waals surface area contributed by atoms with Gasteiger partial charge in [-0.15, -0.1) is 0 Å². The number of carbonyl (C=O) groups excluding carboxylic acids is 1. The zero-order chi connectivity index (χ0) is 15.8. The van der Waals surface area contributed by atoms with E-state index in [1.807, 2.05) is 13.8 Å². The fourth-order valence-electron chi connectivity index (χ4n) is 2.30. The number of aromatic nitrogens is 1. The van der Waals surface area contributed by atoms with Crippen molar-refractivity contribution < 1.29 is 18.3 Å². The first-order chi connectivity index (χ1) is 9.59. The molecule has 0 saturated carbocycles. The number of rotatable bonds is 2. The number of ether oxygens (including phenoxy) is 1. The van der Waals surface area contributed by atoms with E-state index in [0.29, 0.717) is 11.6 Å². The molecule has 0 unspecified atom stereocenters. The number of pyridine rings is 1. The van der Waals surface area contributed by atoms with E-state index in [0.717, 1.165) is 11.8 Å². The number of urea groups is 1. The van der Waals surface area contributed by atoms with Gasteiger partial charge in [-0.1, -0.05) is 0 Å². The van der Waals surface area contributed by atoms with Crippen molar-refractivity contribution in [2.75, 3.05) is 25.0 Å². The molecule has 0 N–H and O–H groups in total. The van der Waals surface area contributed by atoms with Crippen LogP contribution in [0.2, 0.25) is 0 Å². The van der Waals surface area contributed by atoms with Crippen molar-refractivity contribution in [3.63, 3.8) is 0 Å². The highest BCUT2D eigenvalue weighted by molar-refractivity contribution is 5.93. The van der Waals surface area contributed by atoms with Gasteiger partial charge in [0.15, 0.2) is 11.6 Å². The maximum Gasteiger partial charge on any atom is 0.325 e. The van der Waals surface area contributed by atoms with Gasteiger partial charge >= 0.3 is 6.03 Å². The van der Waals surface area contributed by atoms with Gasteiger partial charge in [-0.2, -0.15) is 0 Å². The second kappa shape index (κ2) is 5.13. The van der Waals surface area contributed by atoms with Gasteiger partial charge < -0.3 is 9.64 Å². The monoisotopic (exact) mass is 299 g/mol. The average molecular weight is 299 g/mol. The first-order valence-electron chi connectivity index (χ1n) is 6.64. The minimum atomic E-state index is -2.95. The minimum Gasteiger partial charge on any atom is -0.482 e. The quantitative estimate of drug-likeness (QED) is 0.843. The molecule has 2 heterocycles. The molecule has 2 amide bonds. The summed E-state index contributed by atoms with van der Waals surface area (Å²) in [5, 5.41) is 0. The maximum absolute atomic E-state index is 13.1. The molecular weight excluding hydrogens is 280 g/mol. The summed E-state index contributed by atoms with van der Waals surface area (Å²) in [6.45, 7) is 4.04. The smallest absolute Gasteiger partial charge is 0.325 e. The van der Waals surface area contributed by atoms with Crippen molar-refractivity contribution in [2.45, 2.75) is 32.3 Å². The molecule has 1 aromatic rings. The molecule has 2 rings (SSSR count). The van der Waals surface area contributed by atoms with Crippen LogP contribution in [0, 0.1) is 0 Å². The molecule has 0 bridgehead atoms. The summed E-state index contributed by atoms with van der Waals surface area (Å²) in [7, 11) is 1.35. The average Bonchev–Trinajstić information content (AvgIpc) is 2.33. The molecule has 5 nitrogen and oxygen atoms in total. The van der Waals surface area contributed by atoms with Gasteiger partial charge in [0.2, 0.25) is 0 Å². The van der Waals surface area contributed by atoms with Gasteiger partial charge in [0.05, 0.1) is 13.1 Å². The standard InChI is InChI=1S/C14H19F2N3O2/c1-13(2)8-19(11-10(21-13)6-5-7-17-11)12(20)18(4)9-14(3,15)16/h5-7H,8-9H2,1-4H3. The van der Waals surface area contributed by atoms with Crippen molar-refractivity contribution >= 4 is 11.8 Å². The number of hydrogen-bond donors (Lipinski definition) is 0. The highest BCUT2D eigenvalue weighted by atomic mass is 19.3. The Morgan fingerprint density at radius 1 is 1.57 bits per heavy atom. The molecule has 0 fully saturated rings. The molecule has 1 aliphatic rings. The highest BCUT2D eigenvalue weighted by Gasteiger charge is 2.38. The SMILES string of the molecule is CN(CC(C)(F)F)C(=O)N1CC(C)(C)Oc2cccnc21. The highest BCUT2D eigenvalue weighted by Crippen LogP contribution is 2.35. The van der Waals surface area contributed by atoms with Crippen LogP contribution in [0.25, 0.3) is 0 Å². The van der Waals surface area contributed by atoms with Crippen molar-refractivity contribution in [3.05, 3.63) is 18.3 Å². The van der Waals surface area contributed by atoms with Crippen LogP contribution in [-0.2, 0) is 0 Å². The summed E-state index contributed by atoms with van der Waals surface area (Å²) in [6.07, 6.45) is 1.54. The largest absolute Gasteiger partial charge is 0.482 e. The second-order valence-corrected chi connectivity index (χ2v) is 5.98. The first kappa shape index (κ1) is 15.5. The lowest BCUT2D eigenvalue weighted by molar-refractivity contribution is 0.000601. The van der Waals surface area contributed by atoms with E-state index in [2.05, 4.69) is 4.98 Å². The number of carbonyl (C=O) groups is 1. The van der Waals surface area contributed by atoms with Gasteiger partial charge in [0, 0.05) is 20.2 Å². The molecular formula is C14H19F2N3O2. The third-order valence-electron chi connectivity index (χ3n) is 3.00. The molecule has 1 aliphatic heterocycles. The minimum absolute atomic E-state index is 0.246. The molecule has 1 aromatic heterocycles. The number of alkyl halides is 2. The Balaban J connectivity index is 2.28. The number of anilines is 1. The van der Waals surface area contributed by atoms with Crippen LogP contribution in [0.15, 0.2) is 18.3 Å². The molecule has 116 valence electrons. The van der Waals surface area contributed by atoms with Crippen LogP contribution in [-0.4, -0.2) is 47.6 Å². The van der Waals surface area contributed by atoms with E-state index in [9.17, 15) is 13.6 Å². The van der Waals surface area contributed by atoms with Crippen molar-refractivity contribution in [3.8, 4) is 5.75 Å². The lowest BCUT2D eigenvalue weighted by Gasteiger charge is -2.40. The lowest BCUT2D eigenvalue weighted by atomic mass is 10.1. The fraction of sp³-hybridized carbons (Fsp3) is 0.571. The molecule has 0 atom stereocenters. The van der Waals surface area contributed by atoms with Crippen LogP contribution >= 0.6 is 0 Å². The van der Waals surface area contributed by atoms with Crippen molar-refractivity contribution in [2.24, 2.45) is 0 Å². The Morgan fingerprint density at radius 3 is 2.86 bits per heavy atom. The Kier molecular flexibility index (Phi) is 3.78. The Labute approximate surface area is 122 Å². The van der Waals surface area contributed by atoms with E-state index in [1.54, 1.807) is 12.1 Å². The molecule has 0 spiro atoms. The van der Waals surface area contributed by atoms with E-state index < -0.39 is 24.1 Å². The molecule has 7 heteroatoms. The third kappa shape index (κ3) is 3.59. The summed E-state index contributed by atoms with van der Waals surface area (Å²) in [4.78, 5) is 19.0. The zero-order valence-electron chi connectivity index (χ0n) is 12.6. The Bertz CT molecular complexity index is 543. The number of nitrogens with zero attached hydrogens (tertiary/aromatic N) is 3.